The summed E-state index contributed by atoms with van der Waals surface area (Å²) in [7, 11) is 0. The molecule has 1 aliphatic heterocycles. The molecule has 0 spiro atoms. The highest BCUT2D eigenvalue weighted by Crippen LogP contribution is 2.37. The summed E-state index contributed by atoms with van der Waals surface area (Å²) in [6.45, 7) is 3.88. The second-order valence-electron chi connectivity index (χ2n) is 6.37. The molecule has 0 saturated carbocycles. The number of nitrogens with zero attached hydrogens (tertiary/aromatic N) is 3. The fourth-order valence-electron chi connectivity index (χ4n) is 3.01. The lowest BCUT2D eigenvalue weighted by Crippen LogP contribution is -2.41. The summed E-state index contributed by atoms with van der Waals surface area (Å²) in [5.41, 5.74) is 6.28. The van der Waals surface area contributed by atoms with Gasteiger partial charge in [0, 0.05) is 10.2 Å². The number of benzene rings is 2. The zero-order valence-electron chi connectivity index (χ0n) is 14.8. The molecule has 27 heavy (non-hydrogen) atoms. The van der Waals surface area contributed by atoms with Gasteiger partial charge in [0.05, 0.1) is 6.04 Å². The minimum Gasteiger partial charge on any atom is -0.325 e. The van der Waals surface area contributed by atoms with E-state index < -0.39 is 0 Å². The number of rotatable bonds is 3. The lowest BCUT2D eigenvalue weighted by atomic mass is 10.0. The highest BCUT2D eigenvalue weighted by molar-refractivity contribution is 9.10. The first-order chi connectivity index (χ1) is 13.0. The monoisotopic (exact) mass is 443 g/mol. The third-order valence-electron chi connectivity index (χ3n) is 4.44. The largest absolute Gasteiger partial charge is 0.325 e. The van der Waals surface area contributed by atoms with Crippen LogP contribution >= 0.6 is 27.7 Å². The van der Waals surface area contributed by atoms with Crippen LogP contribution in [0, 0.1) is 13.8 Å². The van der Waals surface area contributed by atoms with E-state index in [1.54, 1.807) is 0 Å². The van der Waals surface area contributed by atoms with Crippen molar-refractivity contribution in [2.75, 3.05) is 10.7 Å². The highest BCUT2D eigenvalue weighted by atomic mass is 79.9. The van der Waals surface area contributed by atoms with Crippen LogP contribution in [-0.4, -0.2) is 26.0 Å². The Kier molecular flexibility index (Phi) is 4.92. The lowest BCUT2D eigenvalue weighted by molar-refractivity contribution is -0.116. The first-order valence-electron chi connectivity index (χ1n) is 8.50. The van der Waals surface area contributed by atoms with Gasteiger partial charge in [-0.2, -0.15) is 0 Å². The highest BCUT2D eigenvalue weighted by Gasteiger charge is 2.37. The quantitative estimate of drug-likeness (QED) is 0.638. The van der Waals surface area contributed by atoms with E-state index in [0.717, 1.165) is 27.1 Å². The summed E-state index contributed by atoms with van der Waals surface area (Å²) < 4.78 is 2.86. The zero-order chi connectivity index (χ0) is 19.0. The third kappa shape index (κ3) is 3.59. The average molecular weight is 444 g/mol. The number of aryl methyl sites for hydroxylation is 2. The molecule has 0 aliphatic carbocycles. The van der Waals surface area contributed by atoms with E-state index in [0.29, 0.717) is 5.16 Å². The molecular formula is C19H18BrN5OS. The average Bonchev–Trinajstić information content (AvgIpc) is 3.04. The number of anilines is 1. The van der Waals surface area contributed by atoms with Crippen LogP contribution in [0.2, 0.25) is 0 Å². The molecule has 2 aromatic carbocycles. The van der Waals surface area contributed by atoms with Gasteiger partial charge in [0.15, 0.2) is 0 Å². The van der Waals surface area contributed by atoms with E-state index in [-0.39, 0.29) is 17.2 Å². The number of hydrogen-bond acceptors (Lipinski definition) is 5. The molecule has 1 aromatic heterocycles. The summed E-state index contributed by atoms with van der Waals surface area (Å²) in [5.74, 6) is 0.691. The van der Waals surface area contributed by atoms with Crippen molar-refractivity contribution in [3.63, 3.8) is 0 Å². The Labute approximate surface area is 169 Å². The number of aromatic nitrogens is 3. The summed E-state index contributed by atoms with van der Waals surface area (Å²) >= 11 is 4.91. The molecular weight excluding hydrogens is 426 g/mol. The lowest BCUT2D eigenvalue weighted by Gasteiger charge is -2.32. The number of halogens is 1. The maximum Gasteiger partial charge on any atom is 0.240 e. The Morgan fingerprint density at radius 3 is 2.70 bits per heavy atom. The molecule has 1 amide bonds. The fraction of sp³-hybridized carbons (Fsp3) is 0.211. The Balaban J connectivity index is 1.65. The van der Waals surface area contributed by atoms with Crippen LogP contribution < -0.4 is 10.7 Å². The SMILES string of the molecule is Cc1cc(NC(=O)[C@H]2Sc3nnc(C)n3N[C@H]2c2ccccc2)ccc1Br. The number of nitrogens with one attached hydrogen (secondary N) is 2. The van der Waals surface area contributed by atoms with Crippen LogP contribution in [0.1, 0.15) is 23.0 Å². The Morgan fingerprint density at radius 2 is 1.96 bits per heavy atom. The normalized spacial score (nSPS) is 18.5. The van der Waals surface area contributed by atoms with Crippen LogP contribution in [0.5, 0.6) is 0 Å². The van der Waals surface area contributed by atoms with Crippen molar-refractivity contribution in [1.82, 2.24) is 14.9 Å². The van der Waals surface area contributed by atoms with Gasteiger partial charge in [-0.15, -0.1) is 10.2 Å². The van der Waals surface area contributed by atoms with Gasteiger partial charge in [-0.25, -0.2) is 4.68 Å². The molecule has 0 fully saturated rings. The molecule has 2 N–H and O–H groups in total. The Bertz CT molecular complexity index is 991. The maximum atomic E-state index is 13.1. The first kappa shape index (κ1) is 18.1. The Hall–Kier alpha value is -2.32. The second kappa shape index (κ2) is 7.36. The summed E-state index contributed by atoms with van der Waals surface area (Å²) in [4.78, 5) is 13.1. The second-order valence-corrected chi connectivity index (χ2v) is 8.34. The maximum absolute atomic E-state index is 13.1. The molecule has 0 unspecified atom stereocenters. The van der Waals surface area contributed by atoms with E-state index in [4.69, 9.17) is 0 Å². The van der Waals surface area contributed by atoms with Crippen LogP contribution in [0.4, 0.5) is 5.69 Å². The van der Waals surface area contributed by atoms with Gasteiger partial charge in [-0.3, -0.25) is 4.79 Å². The third-order valence-corrected chi connectivity index (χ3v) is 6.55. The van der Waals surface area contributed by atoms with Crippen molar-refractivity contribution in [2.24, 2.45) is 0 Å². The summed E-state index contributed by atoms with van der Waals surface area (Å²) in [6, 6.07) is 15.5. The molecule has 0 bridgehead atoms. The van der Waals surface area contributed by atoms with Crippen molar-refractivity contribution in [2.45, 2.75) is 30.3 Å². The number of amides is 1. The molecule has 1 aliphatic rings. The molecule has 138 valence electrons. The van der Waals surface area contributed by atoms with E-state index in [2.05, 4.69) is 36.9 Å². The summed E-state index contributed by atoms with van der Waals surface area (Å²) in [6.07, 6.45) is 0. The van der Waals surface area contributed by atoms with Gasteiger partial charge < -0.3 is 10.7 Å². The van der Waals surface area contributed by atoms with E-state index in [1.165, 1.54) is 11.8 Å². The number of carbonyl (C=O) groups excluding carboxylic acids is 1. The van der Waals surface area contributed by atoms with Crippen molar-refractivity contribution < 1.29 is 4.79 Å². The minimum atomic E-state index is -0.382. The van der Waals surface area contributed by atoms with Crippen molar-refractivity contribution in [1.29, 1.82) is 0 Å². The van der Waals surface area contributed by atoms with Gasteiger partial charge in [-0.1, -0.05) is 58.0 Å². The smallest absolute Gasteiger partial charge is 0.240 e. The van der Waals surface area contributed by atoms with E-state index in [1.807, 2.05) is 67.1 Å². The molecule has 0 radical (unpaired) electrons. The number of fused-ring (bicyclic) bond motifs is 1. The number of carbonyl (C=O) groups is 1. The van der Waals surface area contributed by atoms with Crippen LogP contribution in [0.15, 0.2) is 58.2 Å². The van der Waals surface area contributed by atoms with Crippen molar-refractivity contribution >= 4 is 39.3 Å². The summed E-state index contributed by atoms with van der Waals surface area (Å²) in [5, 5.41) is 11.6. The zero-order valence-corrected chi connectivity index (χ0v) is 17.2. The van der Waals surface area contributed by atoms with Gasteiger partial charge in [-0.05, 0) is 43.2 Å². The Morgan fingerprint density at radius 1 is 1.19 bits per heavy atom. The van der Waals surface area contributed by atoms with Crippen LogP contribution in [-0.2, 0) is 4.79 Å². The topological polar surface area (TPSA) is 71.8 Å². The first-order valence-corrected chi connectivity index (χ1v) is 10.2. The predicted octanol–water partition coefficient (Wildman–Crippen LogP) is 4.06. The molecule has 3 aromatic rings. The van der Waals surface area contributed by atoms with Crippen molar-refractivity contribution in [3.8, 4) is 0 Å². The predicted molar refractivity (Wildman–Crippen MR) is 110 cm³/mol. The fourth-order valence-corrected chi connectivity index (χ4v) is 4.38. The van der Waals surface area contributed by atoms with Crippen LogP contribution in [0.3, 0.4) is 0 Å². The molecule has 8 heteroatoms. The number of thioether (sulfide) groups is 1. The molecule has 6 nitrogen and oxygen atoms in total. The molecule has 2 atom stereocenters. The minimum absolute atomic E-state index is 0.0741. The van der Waals surface area contributed by atoms with Gasteiger partial charge in [0.2, 0.25) is 11.1 Å². The van der Waals surface area contributed by atoms with Gasteiger partial charge in [0.1, 0.15) is 11.1 Å². The number of hydrogen-bond donors (Lipinski definition) is 2. The molecule has 0 saturated heterocycles. The van der Waals surface area contributed by atoms with Gasteiger partial charge in [0.25, 0.3) is 0 Å². The standard InChI is InChI=1S/C19H18BrN5OS/c1-11-10-14(8-9-15(11)20)21-18(26)17-16(13-6-4-3-5-7-13)24-25-12(2)22-23-19(25)27-17/h3-10,16-17,24H,1-2H3,(H,21,26)/t16-,17-/m0/s1. The van der Waals surface area contributed by atoms with E-state index >= 15 is 0 Å². The van der Waals surface area contributed by atoms with Gasteiger partial charge >= 0.3 is 0 Å². The van der Waals surface area contributed by atoms with E-state index in [9.17, 15) is 4.79 Å². The molecule has 4 rings (SSSR count). The van der Waals surface area contributed by atoms with Crippen molar-refractivity contribution in [3.05, 3.63) is 70.0 Å². The molecule has 2 heterocycles. The van der Waals surface area contributed by atoms with Crippen LogP contribution in [0.25, 0.3) is 0 Å².